The van der Waals surface area contributed by atoms with Crippen molar-refractivity contribution in [3.63, 3.8) is 0 Å². The number of hydrogen-bond acceptors (Lipinski definition) is 2. The first kappa shape index (κ1) is 9.56. The predicted octanol–water partition coefficient (Wildman–Crippen LogP) is 2.53. The fourth-order valence-electron chi connectivity index (χ4n) is 2.57. The van der Waals surface area contributed by atoms with Gasteiger partial charge < -0.3 is 9.88 Å². The first-order valence-electron chi connectivity index (χ1n) is 5.13. The van der Waals surface area contributed by atoms with E-state index in [1.54, 1.807) is 0 Å². The van der Waals surface area contributed by atoms with Crippen LogP contribution in [-0.4, -0.2) is 16.6 Å². The van der Waals surface area contributed by atoms with E-state index in [2.05, 4.69) is 48.8 Å². The van der Waals surface area contributed by atoms with Crippen molar-refractivity contribution in [2.24, 2.45) is 10.8 Å². The van der Waals surface area contributed by atoms with E-state index in [9.17, 15) is 0 Å². The molecule has 1 N–H and O–H groups in total. The van der Waals surface area contributed by atoms with Crippen molar-refractivity contribution in [3.8, 4) is 0 Å². The Bertz CT molecular complexity index is 335. The summed E-state index contributed by atoms with van der Waals surface area (Å²) in [4.78, 5) is 4.28. The Morgan fingerprint density at radius 3 is 2.29 bits per heavy atom. The van der Waals surface area contributed by atoms with Crippen molar-refractivity contribution in [1.82, 2.24) is 9.55 Å². The standard InChI is InChI=1S/C11H19N3/c1-10(2)8(11(10,3)4)14-7-6-13-9(14)12-5/h6-8H,1-5H3,(H,12,13). The lowest BCUT2D eigenvalue weighted by molar-refractivity contribution is 0.457. The van der Waals surface area contributed by atoms with Gasteiger partial charge in [0.15, 0.2) is 0 Å². The van der Waals surface area contributed by atoms with Crippen LogP contribution in [0.2, 0.25) is 0 Å². The number of hydrogen-bond donors (Lipinski definition) is 1. The Morgan fingerprint density at radius 2 is 1.86 bits per heavy atom. The Labute approximate surface area is 85.5 Å². The van der Waals surface area contributed by atoms with Gasteiger partial charge in [-0.05, 0) is 10.8 Å². The SMILES string of the molecule is CNc1nccn1C1C(C)(C)C1(C)C. The van der Waals surface area contributed by atoms with Gasteiger partial charge >= 0.3 is 0 Å². The number of nitrogens with zero attached hydrogens (tertiary/aromatic N) is 2. The average molecular weight is 193 g/mol. The molecule has 1 saturated carbocycles. The summed E-state index contributed by atoms with van der Waals surface area (Å²) in [5, 5.41) is 3.12. The molecule has 3 heteroatoms. The first-order valence-corrected chi connectivity index (χ1v) is 5.13. The maximum Gasteiger partial charge on any atom is 0.202 e. The van der Waals surface area contributed by atoms with Crippen LogP contribution in [0, 0.1) is 10.8 Å². The zero-order chi connectivity index (χ0) is 10.6. The van der Waals surface area contributed by atoms with Gasteiger partial charge in [0.1, 0.15) is 0 Å². The van der Waals surface area contributed by atoms with E-state index in [-0.39, 0.29) is 0 Å². The molecule has 0 bridgehead atoms. The summed E-state index contributed by atoms with van der Waals surface area (Å²) in [5.41, 5.74) is 0.721. The summed E-state index contributed by atoms with van der Waals surface area (Å²) in [5.74, 6) is 0.966. The van der Waals surface area contributed by atoms with Crippen LogP contribution in [0.1, 0.15) is 33.7 Å². The van der Waals surface area contributed by atoms with Crippen LogP contribution >= 0.6 is 0 Å². The van der Waals surface area contributed by atoms with Crippen molar-refractivity contribution in [2.75, 3.05) is 12.4 Å². The van der Waals surface area contributed by atoms with Crippen molar-refractivity contribution < 1.29 is 0 Å². The third kappa shape index (κ3) is 0.954. The molecule has 3 nitrogen and oxygen atoms in total. The predicted molar refractivity (Wildman–Crippen MR) is 58.4 cm³/mol. The van der Waals surface area contributed by atoms with Gasteiger partial charge in [-0.1, -0.05) is 27.7 Å². The molecule has 1 aromatic rings. The van der Waals surface area contributed by atoms with Gasteiger partial charge in [-0.3, -0.25) is 0 Å². The summed E-state index contributed by atoms with van der Waals surface area (Å²) < 4.78 is 2.25. The second-order valence-corrected chi connectivity index (χ2v) is 5.25. The highest BCUT2D eigenvalue weighted by molar-refractivity contribution is 5.31. The Balaban J connectivity index is 2.36. The van der Waals surface area contributed by atoms with E-state index in [0.717, 1.165) is 5.95 Å². The van der Waals surface area contributed by atoms with Crippen LogP contribution in [0.3, 0.4) is 0 Å². The topological polar surface area (TPSA) is 29.9 Å². The van der Waals surface area contributed by atoms with Crippen molar-refractivity contribution >= 4 is 5.95 Å². The molecule has 0 aromatic carbocycles. The Hall–Kier alpha value is -0.990. The highest BCUT2D eigenvalue weighted by Crippen LogP contribution is 2.71. The second-order valence-electron chi connectivity index (χ2n) is 5.25. The van der Waals surface area contributed by atoms with Crippen LogP contribution in [0.4, 0.5) is 5.95 Å². The minimum Gasteiger partial charge on any atom is -0.359 e. The Kier molecular flexibility index (Phi) is 1.72. The quantitative estimate of drug-likeness (QED) is 0.782. The largest absolute Gasteiger partial charge is 0.359 e. The fraction of sp³-hybridized carbons (Fsp3) is 0.727. The molecule has 0 atom stereocenters. The van der Waals surface area contributed by atoms with Crippen LogP contribution in [0.25, 0.3) is 0 Å². The van der Waals surface area contributed by atoms with Gasteiger partial charge in [-0.2, -0.15) is 0 Å². The molecule has 0 saturated heterocycles. The molecule has 78 valence electrons. The van der Waals surface area contributed by atoms with Crippen LogP contribution < -0.4 is 5.32 Å². The van der Waals surface area contributed by atoms with E-state index in [1.165, 1.54) is 0 Å². The van der Waals surface area contributed by atoms with Gasteiger partial charge in [-0.15, -0.1) is 0 Å². The third-order valence-electron chi connectivity index (χ3n) is 4.11. The third-order valence-corrected chi connectivity index (χ3v) is 4.11. The fourth-order valence-corrected chi connectivity index (χ4v) is 2.57. The first-order chi connectivity index (χ1) is 6.43. The van der Waals surface area contributed by atoms with E-state index >= 15 is 0 Å². The summed E-state index contributed by atoms with van der Waals surface area (Å²) >= 11 is 0. The molecule has 1 aliphatic carbocycles. The second kappa shape index (κ2) is 2.53. The number of imidazole rings is 1. The van der Waals surface area contributed by atoms with Crippen molar-refractivity contribution in [2.45, 2.75) is 33.7 Å². The molecule has 1 fully saturated rings. The normalized spacial score (nSPS) is 23.5. The zero-order valence-corrected chi connectivity index (χ0v) is 9.63. The molecule has 1 heterocycles. The maximum absolute atomic E-state index is 4.28. The molecular weight excluding hydrogens is 174 g/mol. The highest BCUT2D eigenvalue weighted by atomic mass is 15.2. The van der Waals surface area contributed by atoms with Gasteiger partial charge in [-0.25, -0.2) is 4.98 Å². The van der Waals surface area contributed by atoms with Crippen LogP contribution in [0.5, 0.6) is 0 Å². The molecule has 2 rings (SSSR count). The van der Waals surface area contributed by atoms with Gasteiger partial charge in [0.05, 0.1) is 0 Å². The summed E-state index contributed by atoms with van der Waals surface area (Å²) in [6.07, 6.45) is 3.92. The Morgan fingerprint density at radius 1 is 1.29 bits per heavy atom. The molecule has 0 spiro atoms. The lowest BCUT2D eigenvalue weighted by atomic mass is 10.0. The number of rotatable bonds is 2. The van der Waals surface area contributed by atoms with Gasteiger partial charge in [0.2, 0.25) is 5.95 Å². The summed E-state index contributed by atoms with van der Waals surface area (Å²) in [7, 11) is 1.92. The van der Waals surface area contributed by atoms with Crippen LogP contribution in [0.15, 0.2) is 12.4 Å². The summed E-state index contributed by atoms with van der Waals surface area (Å²) in [6, 6.07) is 0.556. The highest BCUT2D eigenvalue weighted by Gasteiger charge is 2.66. The monoisotopic (exact) mass is 193 g/mol. The molecule has 0 unspecified atom stereocenters. The molecule has 0 aliphatic heterocycles. The molecule has 14 heavy (non-hydrogen) atoms. The number of aromatic nitrogens is 2. The average Bonchev–Trinajstić information content (AvgIpc) is 2.51. The lowest BCUT2D eigenvalue weighted by Gasteiger charge is -2.08. The molecule has 1 aliphatic rings. The maximum atomic E-state index is 4.28. The minimum absolute atomic E-state index is 0.360. The van der Waals surface area contributed by atoms with Crippen LogP contribution in [-0.2, 0) is 0 Å². The lowest BCUT2D eigenvalue weighted by Crippen LogP contribution is -2.04. The van der Waals surface area contributed by atoms with Gasteiger partial charge in [0.25, 0.3) is 0 Å². The molecule has 0 radical (unpaired) electrons. The van der Waals surface area contributed by atoms with Crippen molar-refractivity contribution in [1.29, 1.82) is 0 Å². The van der Waals surface area contributed by atoms with E-state index in [1.807, 2.05) is 13.2 Å². The van der Waals surface area contributed by atoms with Crippen molar-refractivity contribution in [3.05, 3.63) is 12.4 Å². The van der Waals surface area contributed by atoms with E-state index in [0.29, 0.717) is 16.9 Å². The van der Waals surface area contributed by atoms with E-state index in [4.69, 9.17) is 0 Å². The summed E-state index contributed by atoms with van der Waals surface area (Å²) in [6.45, 7) is 9.27. The number of anilines is 1. The smallest absolute Gasteiger partial charge is 0.202 e. The molecule has 0 amide bonds. The van der Waals surface area contributed by atoms with E-state index < -0.39 is 0 Å². The number of nitrogens with one attached hydrogen (secondary N) is 1. The minimum atomic E-state index is 0.360. The van der Waals surface area contributed by atoms with Gasteiger partial charge in [0, 0.05) is 25.5 Å². The molecular formula is C11H19N3. The molecule has 1 aromatic heterocycles. The zero-order valence-electron chi connectivity index (χ0n) is 9.63.